The molecule has 1 aromatic rings. The molecule has 0 unspecified atom stereocenters. The van der Waals surface area contributed by atoms with Gasteiger partial charge in [-0.2, -0.15) is 0 Å². The van der Waals surface area contributed by atoms with Crippen molar-refractivity contribution in [3.8, 4) is 5.75 Å². The Balaban J connectivity index is 1.25. The molecule has 1 aromatic carbocycles. The van der Waals surface area contributed by atoms with E-state index in [1.54, 1.807) is 18.2 Å². The molecule has 0 radical (unpaired) electrons. The highest BCUT2D eigenvalue weighted by Crippen LogP contribution is 2.65. The predicted molar refractivity (Wildman–Crippen MR) is 103 cm³/mol. The lowest BCUT2D eigenvalue weighted by Crippen LogP contribution is -2.40. The van der Waals surface area contributed by atoms with Gasteiger partial charge in [-0.25, -0.2) is 0 Å². The van der Waals surface area contributed by atoms with Gasteiger partial charge in [-0.05, 0) is 48.3 Å². The number of anilines is 1. The summed E-state index contributed by atoms with van der Waals surface area (Å²) in [5.74, 6) is 1.11. The number of ether oxygens (including phenoxy) is 1. The van der Waals surface area contributed by atoms with Crippen LogP contribution in [0, 0.1) is 35.5 Å². The number of hydrogen-bond donors (Lipinski definition) is 1. The van der Waals surface area contributed by atoms with Gasteiger partial charge in [-0.3, -0.25) is 19.3 Å². The standard InChI is InChI=1S/C21H21ClN2O4/c1-28-16-5-2-10(22)8-15(16)23-17(25)6-7-24-20(26)18-11-3-4-12(14-9-13(11)14)19(18)21(24)27/h2-5,8,11-14,18-19H,6-7,9H2,1H3,(H,23,25)/t11-,12-,13-,14-,18+,19+/m0/s1. The third kappa shape index (κ3) is 2.58. The lowest BCUT2D eigenvalue weighted by molar-refractivity contribution is -0.140. The molecule has 28 heavy (non-hydrogen) atoms. The summed E-state index contributed by atoms with van der Waals surface area (Å²) in [7, 11) is 1.51. The fourth-order valence-corrected chi connectivity index (χ4v) is 5.62. The van der Waals surface area contributed by atoms with E-state index < -0.39 is 0 Å². The van der Waals surface area contributed by atoms with Gasteiger partial charge in [-0.1, -0.05) is 23.8 Å². The van der Waals surface area contributed by atoms with E-state index in [0.29, 0.717) is 28.3 Å². The van der Waals surface area contributed by atoms with Gasteiger partial charge >= 0.3 is 0 Å². The van der Waals surface area contributed by atoms with Gasteiger partial charge in [0.25, 0.3) is 0 Å². The maximum Gasteiger partial charge on any atom is 0.233 e. The van der Waals surface area contributed by atoms with Crippen molar-refractivity contribution in [3.63, 3.8) is 0 Å². The Hall–Kier alpha value is -2.34. The summed E-state index contributed by atoms with van der Waals surface area (Å²) in [6, 6.07) is 4.95. The third-order valence-electron chi connectivity index (χ3n) is 6.75. The fraction of sp³-hybridized carbons (Fsp3) is 0.476. The monoisotopic (exact) mass is 400 g/mol. The van der Waals surface area contributed by atoms with Crippen LogP contribution in [0.2, 0.25) is 5.02 Å². The highest BCUT2D eigenvalue weighted by Gasteiger charge is 2.66. The minimum Gasteiger partial charge on any atom is -0.495 e. The van der Waals surface area contributed by atoms with Gasteiger partial charge in [0.15, 0.2) is 0 Å². The zero-order chi connectivity index (χ0) is 19.6. The molecule has 0 aromatic heterocycles. The first-order valence-corrected chi connectivity index (χ1v) is 10.0. The summed E-state index contributed by atoms with van der Waals surface area (Å²) in [6.45, 7) is 0.105. The first kappa shape index (κ1) is 17.7. The van der Waals surface area contributed by atoms with E-state index in [2.05, 4.69) is 17.5 Å². The summed E-state index contributed by atoms with van der Waals surface area (Å²) in [5, 5.41) is 3.23. The summed E-state index contributed by atoms with van der Waals surface area (Å²) in [5.41, 5.74) is 0.468. The predicted octanol–water partition coefficient (Wildman–Crippen LogP) is 2.73. The molecule has 1 saturated heterocycles. The molecular weight excluding hydrogens is 380 g/mol. The number of nitrogens with zero attached hydrogens (tertiary/aromatic N) is 1. The second-order valence-corrected chi connectivity index (χ2v) is 8.56. The molecule has 5 aliphatic rings. The molecule has 4 aliphatic carbocycles. The molecular formula is C21H21ClN2O4. The summed E-state index contributed by atoms with van der Waals surface area (Å²) >= 11 is 5.98. The van der Waals surface area contributed by atoms with Crippen LogP contribution in [0.25, 0.3) is 0 Å². The van der Waals surface area contributed by atoms with Gasteiger partial charge in [-0.15, -0.1) is 0 Å². The van der Waals surface area contributed by atoms with E-state index in [1.807, 2.05) is 0 Å². The van der Waals surface area contributed by atoms with Crippen molar-refractivity contribution in [2.75, 3.05) is 19.0 Å². The van der Waals surface area contributed by atoms with Gasteiger partial charge < -0.3 is 10.1 Å². The number of carbonyl (C=O) groups excluding carboxylic acids is 3. The molecule has 6 atom stereocenters. The fourth-order valence-electron chi connectivity index (χ4n) is 5.44. The maximum absolute atomic E-state index is 12.9. The molecule has 6 nitrogen and oxygen atoms in total. The number of halogens is 1. The molecule has 2 bridgehead atoms. The van der Waals surface area contributed by atoms with Crippen LogP contribution in [-0.2, 0) is 14.4 Å². The molecule has 1 heterocycles. The Morgan fingerprint density at radius 1 is 1.18 bits per heavy atom. The Labute approximate surface area is 167 Å². The van der Waals surface area contributed by atoms with Crippen molar-refractivity contribution < 1.29 is 19.1 Å². The molecule has 0 spiro atoms. The lowest BCUT2D eigenvalue weighted by atomic mass is 9.63. The van der Waals surface area contributed by atoms with E-state index in [-0.39, 0.29) is 54.4 Å². The minimum atomic E-state index is -0.292. The van der Waals surface area contributed by atoms with Crippen LogP contribution in [0.1, 0.15) is 12.8 Å². The third-order valence-corrected chi connectivity index (χ3v) is 6.99. The summed E-state index contributed by atoms with van der Waals surface area (Å²) in [6.07, 6.45) is 5.47. The van der Waals surface area contributed by atoms with E-state index in [9.17, 15) is 14.4 Å². The number of rotatable bonds is 5. The highest BCUT2D eigenvalue weighted by molar-refractivity contribution is 6.31. The van der Waals surface area contributed by atoms with Gasteiger partial charge in [0.2, 0.25) is 17.7 Å². The number of carbonyl (C=O) groups is 3. The Bertz CT molecular complexity index is 878. The van der Waals surface area contributed by atoms with E-state index in [1.165, 1.54) is 12.0 Å². The zero-order valence-corrected chi connectivity index (χ0v) is 16.2. The van der Waals surface area contributed by atoms with Crippen molar-refractivity contribution in [2.45, 2.75) is 12.8 Å². The summed E-state index contributed by atoms with van der Waals surface area (Å²) in [4.78, 5) is 39.6. The number of amides is 3. The number of hydrogen-bond acceptors (Lipinski definition) is 4. The number of imide groups is 1. The average Bonchev–Trinajstić information content (AvgIpc) is 3.46. The maximum atomic E-state index is 12.9. The SMILES string of the molecule is COc1ccc(Cl)cc1NC(=O)CCN1C(=O)[C@@H]2[C@H]3C=C[C@@H]([C@@H]4C[C@@H]34)[C@H]2C1=O. The molecule has 2 saturated carbocycles. The van der Waals surface area contributed by atoms with Crippen LogP contribution >= 0.6 is 11.6 Å². The topological polar surface area (TPSA) is 75.7 Å². The quantitative estimate of drug-likeness (QED) is 0.609. The molecule has 3 fully saturated rings. The Morgan fingerprint density at radius 2 is 1.82 bits per heavy atom. The molecule has 6 rings (SSSR count). The smallest absolute Gasteiger partial charge is 0.233 e. The average molecular weight is 401 g/mol. The van der Waals surface area contributed by atoms with Crippen LogP contribution in [-0.4, -0.2) is 36.3 Å². The van der Waals surface area contributed by atoms with Crippen LogP contribution in [0.4, 0.5) is 5.69 Å². The number of likely N-dealkylation sites (tertiary alicyclic amines) is 1. The van der Waals surface area contributed by atoms with E-state index in [4.69, 9.17) is 16.3 Å². The number of methoxy groups -OCH3 is 1. The number of nitrogens with one attached hydrogen (secondary N) is 1. The zero-order valence-electron chi connectivity index (χ0n) is 15.4. The number of allylic oxidation sites excluding steroid dienone is 2. The minimum absolute atomic E-state index is 0.0439. The Morgan fingerprint density at radius 3 is 2.43 bits per heavy atom. The first-order chi connectivity index (χ1) is 13.5. The van der Waals surface area contributed by atoms with Crippen LogP contribution < -0.4 is 10.1 Å². The van der Waals surface area contributed by atoms with Gasteiger partial charge in [0.1, 0.15) is 5.75 Å². The van der Waals surface area contributed by atoms with Crippen molar-refractivity contribution in [2.24, 2.45) is 35.5 Å². The first-order valence-electron chi connectivity index (χ1n) is 9.66. The second kappa shape index (κ2) is 6.34. The normalized spacial score (nSPS) is 34.3. The highest BCUT2D eigenvalue weighted by atomic mass is 35.5. The van der Waals surface area contributed by atoms with Crippen molar-refractivity contribution in [1.82, 2.24) is 4.90 Å². The van der Waals surface area contributed by atoms with Crippen molar-refractivity contribution in [1.29, 1.82) is 0 Å². The van der Waals surface area contributed by atoms with Crippen molar-refractivity contribution >= 4 is 35.0 Å². The molecule has 146 valence electrons. The molecule has 7 heteroatoms. The van der Waals surface area contributed by atoms with Gasteiger partial charge in [0, 0.05) is 18.0 Å². The largest absolute Gasteiger partial charge is 0.495 e. The van der Waals surface area contributed by atoms with Crippen LogP contribution in [0.5, 0.6) is 5.75 Å². The molecule has 3 amide bonds. The lowest BCUT2D eigenvalue weighted by Gasteiger charge is -2.37. The van der Waals surface area contributed by atoms with Gasteiger partial charge in [0.05, 0.1) is 24.6 Å². The van der Waals surface area contributed by atoms with Crippen LogP contribution in [0.15, 0.2) is 30.4 Å². The molecule has 1 N–H and O–H groups in total. The number of benzene rings is 1. The summed E-state index contributed by atoms with van der Waals surface area (Å²) < 4.78 is 5.22. The van der Waals surface area contributed by atoms with E-state index >= 15 is 0 Å². The van der Waals surface area contributed by atoms with Crippen molar-refractivity contribution in [3.05, 3.63) is 35.4 Å². The Kier molecular flexibility index (Phi) is 4.02. The molecule has 1 aliphatic heterocycles. The second-order valence-electron chi connectivity index (χ2n) is 8.13. The van der Waals surface area contributed by atoms with E-state index in [0.717, 1.165) is 6.42 Å². The van der Waals surface area contributed by atoms with Crippen LogP contribution in [0.3, 0.4) is 0 Å².